The third-order valence-corrected chi connectivity index (χ3v) is 2.98. The molecule has 19 heavy (non-hydrogen) atoms. The number of hydrogen-bond acceptors (Lipinski definition) is 2. The van der Waals surface area contributed by atoms with Crippen LogP contribution >= 0.6 is 0 Å². The zero-order valence-corrected chi connectivity index (χ0v) is 11.4. The van der Waals surface area contributed by atoms with Crippen molar-refractivity contribution in [2.75, 3.05) is 0 Å². The van der Waals surface area contributed by atoms with Crippen molar-refractivity contribution in [1.82, 2.24) is 10.3 Å². The molecule has 0 spiro atoms. The van der Waals surface area contributed by atoms with Gasteiger partial charge in [-0.05, 0) is 35.7 Å². The van der Waals surface area contributed by atoms with Crippen LogP contribution in [0.5, 0.6) is 0 Å². The minimum absolute atomic E-state index is 0.139. The minimum Gasteiger partial charge on any atom is -0.310 e. The molecule has 2 nitrogen and oxygen atoms in total. The minimum atomic E-state index is -0.139. The van der Waals surface area contributed by atoms with Crippen LogP contribution in [0.2, 0.25) is 0 Å². The summed E-state index contributed by atoms with van der Waals surface area (Å²) in [5.41, 5.74) is 2.84. The smallest absolute Gasteiger partial charge is 0.127 e. The summed E-state index contributed by atoms with van der Waals surface area (Å²) in [7, 11) is 0. The summed E-state index contributed by atoms with van der Waals surface area (Å²) in [5.74, 6) is -0.139. The number of halogens is 1. The van der Waals surface area contributed by atoms with Crippen molar-refractivity contribution < 1.29 is 4.39 Å². The van der Waals surface area contributed by atoms with Crippen molar-refractivity contribution in [1.29, 1.82) is 0 Å². The van der Waals surface area contributed by atoms with Crippen molar-refractivity contribution in [3.05, 3.63) is 65.2 Å². The number of pyridine rings is 1. The van der Waals surface area contributed by atoms with Gasteiger partial charge in [-0.1, -0.05) is 26.0 Å². The maximum Gasteiger partial charge on any atom is 0.127 e. The lowest BCUT2D eigenvalue weighted by atomic mass is 10.0. The van der Waals surface area contributed by atoms with Gasteiger partial charge in [-0.3, -0.25) is 4.98 Å². The van der Waals surface area contributed by atoms with E-state index in [0.717, 1.165) is 17.5 Å². The third kappa shape index (κ3) is 4.14. The monoisotopic (exact) mass is 258 g/mol. The van der Waals surface area contributed by atoms with Gasteiger partial charge in [0.1, 0.15) is 5.82 Å². The van der Waals surface area contributed by atoms with Crippen LogP contribution in [0.4, 0.5) is 4.39 Å². The molecule has 0 bridgehead atoms. The molecule has 0 aliphatic rings. The average molecular weight is 258 g/mol. The largest absolute Gasteiger partial charge is 0.310 e. The number of benzene rings is 1. The second-order valence-corrected chi connectivity index (χ2v) is 4.99. The lowest BCUT2D eigenvalue weighted by Gasteiger charge is -2.10. The molecule has 0 aliphatic carbocycles. The molecule has 3 heteroatoms. The summed E-state index contributed by atoms with van der Waals surface area (Å²) < 4.78 is 14.0. The van der Waals surface area contributed by atoms with E-state index in [1.807, 2.05) is 24.3 Å². The molecule has 1 heterocycles. The summed E-state index contributed by atoms with van der Waals surface area (Å²) in [6.07, 6.45) is 4.25. The van der Waals surface area contributed by atoms with Crippen molar-refractivity contribution >= 4 is 0 Å². The van der Waals surface area contributed by atoms with Crippen molar-refractivity contribution in [2.45, 2.75) is 32.9 Å². The van der Waals surface area contributed by atoms with Gasteiger partial charge in [0.05, 0.1) is 0 Å². The Morgan fingerprint density at radius 2 is 1.84 bits per heavy atom. The molecule has 0 radical (unpaired) electrons. The van der Waals surface area contributed by atoms with Crippen LogP contribution in [-0.4, -0.2) is 11.0 Å². The van der Waals surface area contributed by atoms with Crippen molar-refractivity contribution in [3.8, 4) is 0 Å². The molecule has 1 aromatic carbocycles. The molecule has 1 aromatic heterocycles. The molecular formula is C16H19FN2. The van der Waals surface area contributed by atoms with E-state index in [9.17, 15) is 4.39 Å². The van der Waals surface area contributed by atoms with Crippen LogP contribution in [0.25, 0.3) is 0 Å². The molecule has 1 N–H and O–H groups in total. The standard InChI is InChI=1S/C16H19FN2/c1-12(2)19-11-15-4-3-14(10-16(15)17)9-13-5-7-18-8-6-13/h3-8,10,12,19H,9,11H2,1-2H3. The zero-order valence-electron chi connectivity index (χ0n) is 11.4. The number of hydrogen-bond donors (Lipinski definition) is 1. The van der Waals surface area contributed by atoms with E-state index in [0.29, 0.717) is 18.2 Å². The van der Waals surface area contributed by atoms with Gasteiger partial charge in [-0.15, -0.1) is 0 Å². The lowest BCUT2D eigenvalue weighted by molar-refractivity contribution is 0.552. The second kappa shape index (κ2) is 6.43. The molecule has 100 valence electrons. The first kappa shape index (κ1) is 13.7. The first-order chi connectivity index (χ1) is 9.15. The van der Waals surface area contributed by atoms with Crippen LogP contribution in [-0.2, 0) is 13.0 Å². The molecule has 0 fully saturated rings. The highest BCUT2D eigenvalue weighted by Crippen LogP contribution is 2.14. The fourth-order valence-corrected chi connectivity index (χ4v) is 1.89. The second-order valence-electron chi connectivity index (χ2n) is 4.99. The molecule has 0 aliphatic heterocycles. The number of nitrogens with zero attached hydrogens (tertiary/aromatic N) is 1. The fraction of sp³-hybridized carbons (Fsp3) is 0.312. The van der Waals surface area contributed by atoms with Gasteiger partial charge in [0.2, 0.25) is 0 Å². The van der Waals surface area contributed by atoms with Gasteiger partial charge in [0.15, 0.2) is 0 Å². The molecule has 0 atom stereocenters. The van der Waals surface area contributed by atoms with Crippen LogP contribution < -0.4 is 5.32 Å². The van der Waals surface area contributed by atoms with E-state index in [1.54, 1.807) is 18.5 Å². The van der Waals surface area contributed by atoms with E-state index in [2.05, 4.69) is 24.1 Å². The third-order valence-electron chi connectivity index (χ3n) is 2.98. The van der Waals surface area contributed by atoms with E-state index in [-0.39, 0.29) is 5.82 Å². The maximum atomic E-state index is 14.0. The average Bonchev–Trinajstić information content (AvgIpc) is 2.39. The molecule has 0 saturated carbocycles. The predicted molar refractivity (Wildman–Crippen MR) is 75.4 cm³/mol. The van der Waals surface area contributed by atoms with Crippen molar-refractivity contribution in [3.63, 3.8) is 0 Å². The Morgan fingerprint density at radius 1 is 1.11 bits per heavy atom. The highest BCUT2D eigenvalue weighted by atomic mass is 19.1. The van der Waals surface area contributed by atoms with E-state index in [1.165, 1.54) is 0 Å². The summed E-state index contributed by atoms with van der Waals surface area (Å²) >= 11 is 0. The number of rotatable bonds is 5. The molecule has 0 amide bonds. The topological polar surface area (TPSA) is 24.9 Å². The van der Waals surface area contributed by atoms with Gasteiger partial charge in [-0.2, -0.15) is 0 Å². The first-order valence-electron chi connectivity index (χ1n) is 6.55. The summed E-state index contributed by atoms with van der Waals surface area (Å²) in [4.78, 5) is 3.98. The molecule has 0 saturated heterocycles. The Kier molecular flexibility index (Phi) is 4.63. The predicted octanol–water partition coefficient (Wildman–Crippen LogP) is 3.31. The highest BCUT2D eigenvalue weighted by molar-refractivity contribution is 5.29. The molecule has 0 unspecified atom stereocenters. The Balaban J connectivity index is 2.06. The van der Waals surface area contributed by atoms with Crippen LogP contribution in [0.3, 0.4) is 0 Å². The first-order valence-corrected chi connectivity index (χ1v) is 6.55. The van der Waals surface area contributed by atoms with Gasteiger partial charge < -0.3 is 5.32 Å². The quantitative estimate of drug-likeness (QED) is 0.890. The van der Waals surface area contributed by atoms with Gasteiger partial charge >= 0.3 is 0 Å². The SMILES string of the molecule is CC(C)NCc1ccc(Cc2ccncc2)cc1F. The molecule has 2 aromatic rings. The Morgan fingerprint density at radius 3 is 2.47 bits per heavy atom. The molecule has 2 rings (SSSR count). The zero-order chi connectivity index (χ0) is 13.7. The van der Waals surface area contributed by atoms with E-state index in [4.69, 9.17) is 0 Å². The summed E-state index contributed by atoms with van der Waals surface area (Å²) in [6.45, 7) is 4.67. The normalized spacial score (nSPS) is 10.9. The maximum absolute atomic E-state index is 14.0. The van der Waals surface area contributed by atoms with Gasteiger partial charge in [-0.25, -0.2) is 4.39 Å². The molecular weight excluding hydrogens is 239 g/mol. The Bertz CT molecular complexity index is 524. The lowest BCUT2D eigenvalue weighted by Crippen LogP contribution is -2.22. The van der Waals surface area contributed by atoms with Crippen LogP contribution in [0, 0.1) is 5.82 Å². The van der Waals surface area contributed by atoms with E-state index >= 15 is 0 Å². The van der Waals surface area contributed by atoms with Crippen LogP contribution in [0.15, 0.2) is 42.7 Å². The highest BCUT2D eigenvalue weighted by Gasteiger charge is 2.05. The summed E-state index contributed by atoms with van der Waals surface area (Å²) in [5, 5.41) is 3.22. The van der Waals surface area contributed by atoms with Gasteiger partial charge in [0.25, 0.3) is 0 Å². The van der Waals surface area contributed by atoms with Crippen molar-refractivity contribution in [2.24, 2.45) is 0 Å². The number of nitrogens with one attached hydrogen (secondary N) is 1. The van der Waals surface area contributed by atoms with E-state index < -0.39 is 0 Å². The van der Waals surface area contributed by atoms with Gasteiger partial charge in [0, 0.05) is 30.5 Å². The Hall–Kier alpha value is -1.74. The van der Waals surface area contributed by atoms with Crippen LogP contribution in [0.1, 0.15) is 30.5 Å². The number of aromatic nitrogens is 1. The summed E-state index contributed by atoms with van der Waals surface area (Å²) in [6, 6.07) is 9.73. The fourth-order valence-electron chi connectivity index (χ4n) is 1.89. The Labute approximate surface area is 113 Å².